The molecule has 0 radical (unpaired) electrons. The molecule has 7 nitrogen and oxygen atoms in total. The standard InChI is InChI=1S/C28H24N4O3S/c1-36(34,35)23-14-8-11-21(17-23)18-25(33)27-30-28(29-19-20-9-4-2-5-10-20)26-24(15-16-32(26)31-27)22-12-6-3-7-13-22/h2-17H,18-19H2,1H3,(H,29,30,31). The van der Waals surface area contributed by atoms with Gasteiger partial charge in [-0.05, 0) is 34.9 Å². The Labute approximate surface area is 209 Å². The number of sulfone groups is 1. The van der Waals surface area contributed by atoms with Crippen LogP contribution in [0.4, 0.5) is 5.82 Å². The fraction of sp³-hybridized carbons (Fsp3) is 0.107. The Balaban J connectivity index is 1.53. The maximum Gasteiger partial charge on any atom is 0.218 e. The predicted octanol–water partition coefficient (Wildman–Crippen LogP) is 4.84. The first-order valence-electron chi connectivity index (χ1n) is 11.4. The van der Waals surface area contributed by atoms with Gasteiger partial charge in [0, 0.05) is 31.0 Å². The highest BCUT2D eigenvalue weighted by Gasteiger charge is 2.19. The number of fused-ring (bicyclic) bond motifs is 1. The third kappa shape index (κ3) is 5.04. The molecule has 0 fully saturated rings. The van der Waals surface area contributed by atoms with Gasteiger partial charge in [0.15, 0.2) is 15.7 Å². The Kier molecular flexibility index (Phi) is 6.35. The first kappa shape index (κ1) is 23.4. The van der Waals surface area contributed by atoms with Crippen LogP contribution >= 0.6 is 0 Å². The first-order valence-corrected chi connectivity index (χ1v) is 13.3. The van der Waals surface area contributed by atoms with Crippen molar-refractivity contribution in [1.82, 2.24) is 14.6 Å². The van der Waals surface area contributed by atoms with E-state index in [1.807, 2.05) is 72.9 Å². The summed E-state index contributed by atoms with van der Waals surface area (Å²) >= 11 is 0. The Morgan fingerprint density at radius 2 is 1.58 bits per heavy atom. The van der Waals surface area contributed by atoms with Gasteiger partial charge in [0.1, 0.15) is 5.52 Å². The molecular formula is C28H24N4O3S. The van der Waals surface area contributed by atoms with E-state index >= 15 is 0 Å². The summed E-state index contributed by atoms with van der Waals surface area (Å²) < 4.78 is 25.5. The second-order valence-corrected chi connectivity index (χ2v) is 10.5. The van der Waals surface area contributed by atoms with E-state index in [1.165, 1.54) is 12.1 Å². The normalized spacial score (nSPS) is 11.5. The molecule has 0 atom stereocenters. The first-order chi connectivity index (χ1) is 17.4. The molecule has 2 heterocycles. The van der Waals surface area contributed by atoms with Crippen LogP contribution in [0.3, 0.4) is 0 Å². The van der Waals surface area contributed by atoms with Crippen LogP contribution in [-0.4, -0.2) is 35.1 Å². The maximum absolute atomic E-state index is 13.2. The summed E-state index contributed by atoms with van der Waals surface area (Å²) in [5.41, 5.74) is 4.40. The number of rotatable bonds is 8. The fourth-order valence-corrected chi connectivity index (χ4v) is 4.74. The van der Waals surface area contributed by atoms with Gasteiger partial charge in [0.05, 0.1) is 4.90 Å². The molecule has 5 rings (SSSR count). The lowest BCUT2D eigenvalue weighted by atomic mass is 10.1. The average Bonchev–Trinajstić information content (AvgIpc) is 3.32. The number of carbonyl (C=O) groups is 1. The van der Waals surface area contributed by atoms with E-state index in [4.69, 9.17) is 0 Å². The number of anilines is 1. The van der Waals surface area contributed by atoms with Crippen LogP contribution in [0.15, 0.2) is 102 Å². The van der Waals surface area contributed by atoms with Gasteiger partial charge >= 0.3 is 0 Å². The van der Waals surface area contributed by atoms with E-state index in [2.05, 4.69) is 15.4 Å². The molecule has 2 aromatic heterocycles. The molecule has 0 aliphatic carbocycles. The Hall–Kier alpha value is -4.30. The van der Waals surface area contributed by atoms with E-state index in [1.54, 1.807) is 16.6 Å². The monoisotopic (exact) mass is 496 g/mol. The summed E-state index contributed by atoms with van der Waals surface area (Å²) in [5, 5.41) is 7.89. The molecule has 5 aromatic rings. The molecule has 0 aliphatic heterocycles. The molecule has 3 aromatic carbocycles. The van der Waals surface area contributed by atoms with E-state index in [9.17, 15) is 13.2 Å². The van der Waals surface area contributed by atoms with E-state index in [-0.39, 0.29) is 22.9 Å². The zero-order valence-electron chi connectivity index (χ0n) is 19.6. The van der Waals surface area contributed by atoms with Crippen LogP contribution < -0.4 is 5.32 Å². The van der Waals surface area contributed by atoms with Gasteiger partial charge in [0.2, 0.25) is 11.6 Å². The molecule has 36 heavy (non-hydrogen) atoms. The molecule has 0 saturated heterocycles. The molecule has 0 bridgehead atoms. The number of benzene rings is 3. The largest absolute Gasteiger partial charge is 0.364 e. The fourth-order valence-electron chi connectivity index (χ4n) is 4.05. The Bertz CT molecular complexity index is 1650. The molecule has 1 N–H and O–H groups in total. The van der Waals surface area contributed by atoms with E-state index in [0.29, 0.717) is 17.9 Å². The highest BCUT2D eigenvalue weighted by atomic mass is 32.2. The van der Waals surface area contributed by atoms with Crippen LogP contribution in [0.2, 0.25) is 0 Å². The minimum absolute atomic E-state index is 0.0141. The number of carbonyl (C=O) groups excluding carboxylic acids is 1. The van der Waals surface area contributed by atoms with Crippen molar-refractivity contribution in [2.75, 3.05) is 11.6 Å². The van der Waals surface area contributed by atoms with Crippen molar-refractivity contribution in [3.8, 4) is 11.1 Å². The predicted molar refractivity (Wildman–Crippen MR) is 140 cm³/mol. The zero-order chi connectivity index (χ0) is 25.1. The molecule has 0 spiro atoms. The van der Waals surface area contributed by atoms with Crippen LogP contribution in [0.25, 0.3) is 16.6 Å². The third-order valence-electron chi connectivity index (χ3n) is 5.84. The number of ketones is 1. The van der Waals surface area contributed by atoms with Gasteiger partial charge in [-0.1, -0.05) is 72.8 Å². The number of aromatic nitrogens is 3. The highest BCUT2D eigenvalue weighted by Crippen LogP contribution is 2.30. The second kappa shape index (κ2) is 9.75. The van der Waals surface area contributed by atoms with Crippen molar-refractivity contribution in [3.63, 3.8) is 0 Å². The molecule has 8 heteroatoms. The lowest BCUT2D eigenvalue weighted by Gasteiger charge is -2.12. The van der Waals surface area contributed by atoms with Crippen LogP contribution in [0, 0.1) is 0 Å². The molecular weight excluding hydrogens is 472 g/mol. The van der Waals surface area contributed by atoms with Crippen LogP contribution in [0.5, 0.6) is 0 Å². The summed E-state index contributed by atoms with van der Waals surface area (Å²) in [5.74, 6) is 0.296. The van der Waals surface area contributed by atoms with Crippen molar-refractivity contribution < 1.29 is 13.2 Å². The molecule has 0 saturated carbocycles. The van der Waals surface area contributed by atoms with Gasteiger partial charge in [-0.2, -0.15) is 0 Å². The third-order valence-corrected chi connectivity index (χ3v) is 6.95. The summed E-state index contributed by atoms with van der Waals surface area (Å²) in [6.45, 7) is 0.525. The topological polar surface area (TPSA) is 93.4 Å². The molecule has 180 valence electrons. The van der Waals surface area contributed by atoms with Crippen molar-refractivity contribution in [2.24, 2.45) is 0 Å². The summed E-state index contributed by atoms with van der Waals surface area (Å²) in [4.78, 5) is 18.0. The molecule has 0 amide bonds. The number of Topliss-reactive ketones (excluding diaryl/α,β-unsaturated/α-hetero) is 1. The summed E-state index contributed by atoms with van der Waals surface area (Å²) in [7, 11) is -3.38. The van der Waals surface area contributed by atoms with Gasteiger partial charge in [-0.3, -0.25) is 4.79 Å². The lowest BCUT2D eigenvalue weighted by Crippen LogP contribution is -2.15. The number of hydrogen-bond acceptors (Lipinski definition) is 6. The summed E-state index contributed by atoms with van der Waals surface area (Å²) in [6.07, 6.45) is 2.94. The van der Waals surface area contributed by atoms with Gasteiger partial charge in [-0.25, -0.2) is 17.9 Å². The van der Waals surface area contributed by atoms with Crippen molar-refractivity contribution >= 4 is 27.0 Å². The Morgan fingerprint density at radius 3 is 2.31 bits per heavy atom. The quantitative estimate of drug-likeness (QED) is 0.309. The highest BCUT2D eigenvalue weighted by molar-refractivity contribution is 7.90. The average molecular weight is 497 g/mol. The number of hydrogen-bond donors (Lipinski definition) is 1. The number of nitrogens with zero attached hydrogens (tertiary/aromatic N) is 3. The minimum Gasteiger partial charge on any atom is -0.364 e. The SMILES string of the molecule is CS(=O)(=O)c1cccc(CC(=O)c2nc(NCc3ccccc3)c3c(-c4ccccc4)ccn3n2)c1. The lowest BCUT2D eigenvalue weighted by molar-refractivity contribution is 0.0981. The van der Waals surface area contributed by atoms with Crippen molar-refractivity contribution in [2.45, 2.75) is 17.9 Å². The molecule has 0 unspecified atom stereocenters. The van der Waals surface area contributed by atoms with Crippen LogP contribution in [0.1, 0.15) is 21.7 Å². The zero-order valence-corrected chi connectivity index (χ0v) is 20.4. The van der Waals surface area contributed by atoms with Gasteiger partial charge in [0.25, 0.3) is 0 Å². The Morgan fingerprint density at radius 1 is 0.889 bits per heavy atom. The second-order valence-electron chi connectivity index (χ2n) is 8.53. The van der Waals surface area contributed by atoms with E-state index in [0.717, 1.165) is 28.5 Å². The smallest absolute Gasteiger partial charge is 0.218 e. The maximum atomic E-state index is 13.2. The van der Waals surface area contributed by atoms with Crippen LogP contribution in [-0.2, 0) is 22.8 Å². The van der Waals surface area contributed by atoms with E-state index < -0.39 is 9.84 Å². The van der Waals surface area contributed by atoms with Crippen molar-refractivity contribution in [1.29, 1.82) is 0 Å². The summed E-state index contributed by atoms with van der Waals surface area (Å²) in [6, 6.07) is 28.2. The van der Waals surface area contributed by atoms with Gasteiger partial charge in [-0.15, -0.1) is 5.10 Å². The molecule has 0 aliphatic rings. The number of nitrogens with one attached hydrogen (secondary N) is 1. The van der Waals surface area contributed by atoms with Crippen molar-refractivity contribution in [3.05, 3.63) is 114 Å². The van der Waals surface area contributed by atoms with Gasteiger partial charge < -0.3 is 5.32 Å². The minimum atomic E-state index is -3.38.